The number of aromatic nitrogens is 2. The Morgan fingerprint density at radius 2 is 1.73 bits per heavy atom. The molecule has 200 valence electrons. The van der Waals surface area contributed by atoms with Crippen LogP contribution in [0.15, 0.2) is 36.7 Å². The number of alkyl halides is 3. The van der Waals surface area contributed by atoms with E-state index in [1.807, 2.05) is 9.80 Å². The van der Waals surface area contributed by atoms with Crippen LogP contribution in [0.1, 0.15) is 29.8 Å². The molecular weight excluding hydrogens is 511 g/mol. The van der Waals surface area contributed by atoms with Crippen LogP contribution in [0.25, 0.3) is 6.08 Å². The van der Waals surface area contributed by atoms with Crippen LogP contribution in [-0.4, -0.2) is 70.2 Å². The number of carbonyl (C=O) groups is 2. The van der Waals surface area contributed by atoms with Crippen molar-refractivity contribution in [3.63, 3.8) is 0 Å². The van der Waals surface area contributed by atoms with Crippen molar-refractivity contribution in [1.82, 2.24) is 25.1 Å². The normalized spacial score (nSPS) is 23.7. The van der Waals surface area contributed by atoms with Crippen molar-refractivity contribution in [2.24, 2.45) is 11.8 Å². The Kier molecular flexibility index (Phi) is 8.13. The molecule has 2 fully saturated rings. The molecule has 4 heterocycles. The average molecular weight is 540 g/mol. The standard InChI is InChI=1S/C25H28F3N5O3.ClH/c26-25(27,28)36-19-4-1-16(2-5-19)3-6-23(34)32-9-7-17-13-33(14-18(17)8-10-32)24(35)21-11-20-22(12-29-21)31-15-30-20;/h1-6,15,17-18,21,29H,7-14H2,(H,30,31);1H/t17-,18+,21-;/m0./s1. The van der Waals surface area contributed by atoms with Crippen molar-refractivity contribution < 1.29 is 27.5 Å². The van der Waals surface area contributed by atoms with Crippen LogP contribution in [0.5, 0.6) is 5.75 Å². The van der Waals surface area contributed by atoms with Gasteiger partial charge in [0.25, 0.3) is 0 Å². The van der Waals surface area contributed by atoms with Crippen molar-refractivity contribution in [2.45, 2.75) is 38.2 Å². The molecule has 3 atom stereocenters. The summed E-state index contributed by atoms with van der Waals surface area (Å²) >= 11 is 0. The zero-order chi connectivity index (χ0) is 25.3. The number of rotatable bonds is 4. The average Bonchev–Trinajstić information content (AvgIpc) is 3.44. The van der Waals surface area contributed by atoms with E-state index < -0.39 is 6.36 Å². The lowest BCUT2D eigenvalue weighted by atomic mass is 9.92. The number of likely N-dealkylation sites (tertiary alicyclic amines) is 2. The predicted molar refractivity (Wildman–Crippen MR) is 132 cm³/mol. The van der Waals surface area contributed by atoms with E-state index >= 15 is 0 Å². The van der Waals surface area contributed by atoms with Gasteiger partial charge in [-0.1, -0.05) is 12.1 Å². The summed E-state index contributed by atoms with van der Waals surface area (Å²) in [6.45, 7) is 3.26. The van der Waals surface area contributed by atoms with Crippen LogP contribution in [0.4, 0.5) is 13.2 Å². The molecule has 37 heavy (non-hydrogen) atoms. The van der Waals surface area contributed by atoms with Gasteiger partial charge >= 0.3 is 6.36 Å². The molecule has 3 aliphatic rings. The van der Waals surface area contributed by atoms with Crippen LogP contribution in [0.2, 0.25) is 0 Å². The van der Waals surface area contributed by atoms with Gasteiger partial charge in [-0.3, -0.25) is 14.9 Å². The second kappa shape index (κ2) is 11.1. The largest absolute Gasteiger partial charge is 0.573 e. The van der Waals surface area contributed by atoms with Crippen LogP contribution in [-0.2, 0) is 22.6 Å². The number of ether oxygens (including phenoxy) is 1. The first-order chi connectivity index (χ1) is 17.2. The summed E-state index contributed by atoms with van der Waals surface area (Å²) in [5.74, 6) is 0.421. The van der Waals surface area contributed by atoms with Gasteiger partial charge in [0.15, 0.2) is 0 Å². The molecule has 8 nitrogen and oxygen atoms in total. The molecule has 2 N–H and O–H groups in total. The Morgan fingerprint density at radius 1 is 1.05 bits per heavy atom. The summed E-state index contributed by atoms with van der Waals surface area (Å²) in [7, 11) is 0. The fraction of sp³-hybridized carbons (Fsp3) is 0.480. The van der Waals surface area contributed by atoms with E-state index in [2.05, 4.69) is 20.0 Å². The van der Waals surface area contributed by atoms with Gasteiger partial charge in [-0.15, -0.1) is 25.6 Å². The third kappa shape index (κ3) is 6.45. The quantitative estimate of drug-likeness (QED) is 0.583. The van der Waals surface area contributed by atoms with E-state index in [-0.39, 0.29) is 36.0 Å². The summed E-state index contributed by atoms with van der Waals surface area (Å²) in [4.78, 5) is 37.1. The molecule has 2 aromatic rings. The molecular formula is C25H29ClF3N5O3. The summed E-state index contributed by atoms with van der Waals surface area (Å²) in [5.41, 5.74) is 2.60. The SMILES string of the molecule is Cl.O=C(C=Cc1ccc(OC(F)(F)F)cc1)N1CC[C@@H]2CN(C(=O)[C@@H]3Cc4nc[nH]c4CN3)C[C@@H]2CC1. The van der Waals surface area contributed by atoms with E-state index in [1.54, 1.807) is 12.4 Å². The third-order valence-corrected chi connectivity index (χ3v) is 7.30. The van der Waals surface area contributed by atoms with E-state index in [9.17, 15) is 22.8 Å². The van der Waals surface area contributed by atoms with Gasteiger partial charge in [-0.25, -0.2) is 4.98 Å². The fourth-order valence-corrected chi connectivity index (χ4v) is 5.37. The smallest absolute Gasteiger partial charge is 0.406 e. The summed E-state index contributed by atoms with van der Waals surface area (Å²) in [6.07, 6.45) is 2.23. The minimum atomic E-state index is -4.74. The molecule has 12 heteroatoms. The first-order valence-corrected chi connectivity index (χ1v) is 12.1. The maximum absolute atomic E-state index is 13.1. The summed E-state index contributed by atoms with van der Waals surface area (Å²) in [5, 5.41) is 3.31. The van der Waals surface area contributed by atoms with Gasteiger partial charge in [0.05, 0.1) is 23.8 Å². The van der Waals surface area contributed by atoms with Crippen molar-refractivity contribution in [2.75, 3.05) is 26.2 Å². The van der Waals surface area contributed by atoms with E-state index in [1.165, 1.54) is 30.3 Å². The van der Waals surface area contributed by atoms with E-state index in [4.69, 9.17) is 0 Å². The molecule has 2 amide bonds. The zero-order valence-corrected chi connectivity index (χ0v) is 20.9. The van der Waals surface area contributed by atoms with Crippen LogP contribution >= 0.6 is 12.4 Å². The molecule has 0 bridgehead atoms. The van der Waals surface area contributed by atoms with Crippen LogP contribution in [0.3, 0.4) is 0 Å². The number of imidazole rings is 1. The minimum absolute atomic E-state index is 0. The van der Waals surface area contributed by atoms with Gasteiger partial charge in [0.2, 0.25) is 11.8 Å². The zero-order valence-electron chi connectivity index (χ0n) is 20.0. The number of H-pyrrole nitrogens is 1. The highest BCUT2D eigenvalue weighted by molar-refractivity contribution is 5.91. The van der Waals surface area contributed by atoms with Gasteiger partial charge in [0, 0.05) is 45.2 Å². The Labute approximate surface area is 218 Å². The van der Waals surface area contributed by atoms with Crippen molar-refractivity contribution in [3.05, 3.63) is 53.6 Å². The molecule has 0 radical (unpaired) electrons. The lowest BCUT2D eigenvalue weighted by Crippen LogP contribution is -2.49. The lowest BCUT2D eigenvalue weighted by molar-refractivity contribution is -0.274. The number of halogens is 4. The van der Waals surface area contributed by atoms with Gasteiger partial charge in [-0.05, 0) is 48.4 Å². The second-order valence-corrected chi connectivity index (χ2v) is 9.58. The molecule has 2 saturated heterocycles. The number of fused-ring (bicyclic) bond motifs is 2. The lowest BCUT2D eigenvalue weighted by Gasteiger charge is -2.27. The Balaban J connectivity index is 0.00000320. The molecule has 5 rings (SSSR count). The maximum Gasteiger partial charge on any atom is 0.573 e. The molecule has 0 aliphatic carbocycles. The van der Waals surface area contributed by atoms with Crippen molar-refractivity contribution >= 4 is 30.3 Å². The Hall–Kier alpha value is -3.05. The van der Waals surface area contributed by atoms with Crippen molar-refractivity contribution in [3.8, 4) is 5.75 Å². The fourth-order valence-electron chi connectivity index (χ4n) is 5.37. The Bertz CT molecular complexity index is 1120. The van der Waals surface area contributed by atoms with Gasteiger partial charge in [0.1, 0.15) is 5.75 Å². The summed E-state index contributed by atoms with van der Waals surface area (Å²) in [6, 6.07) is 5.12. The number of amides is 2. The number of nitrogens with one attached hydrogen (secondary N) is 2. The molecule has 3 aliphatic heterocycles. The van der Waals surface area contributed by atoms with Gasteiger partial charge in [-0.2, -0.15) is 0 Å². The monoisotopic (exact) mass is 539 g/mol. The predicted octanol–water partition coefficient (Wildman–Crippen LogP) is 3.15. The highest BCUT2D eigenvalue weighted by Crippen LogP contribution is 2.33. The van der Waals surface area contributed by atoms with Crippen LogP contribution < -0.4 is 10.1 Å². The molecule has 0 unspecified atom stereocenters. The van der Waals surface area contributed by atoms with Gasteiger partial charge < -0.3 is 19.5 Å². The molecule has 1 aromatic carbocycles. The highest BCUT2D eigenvalue weighted by atomic mass is 35.5. The first-order valence-electron chi connectivity index (χ1n) is 12.1. The topological polar surface area (TPSA) is 90.6 Å². The van der Waals surface area contributed by atoms with E-state index in [0.717, 1.165) is 24.2 Å². The third-order valence-electron chi connectivity index (χ3n) is 7.30. The molecule has 0 spiro atoms. The summed E-state index contributed by atoms with van der Waals surface area (Å²) < 4.78 is 40.7. The number of benzene rings is 1. The number of aromatic amines is 1. The maximum atomic E-state index is 13.1. The molecule has 1 aromatic heterocycles. The first kappa shape index (κ1) is 27.0. The highest BCUT2D eigenvalue weighted by Gasteiger charge is 2.40. The number of nitrogens with zero attached hydrogens (tertiary/aromatic N) is 3. The number of hydrogen-bond acceptors (Lipinski definition) is 5. The van der Waals surface area contributed by atoms with Crippen molar-refractivity contribution in [1.29, 1.82) is 0 Å². The van der Waals surface area contributed by atoms with Crippen LogP contribution in [0, 0.1) is 11.8 Å². The van der Waals surface area contributed by atoms with E-state index in [0.29, 0.717) is 56.5 Å². The second-order valence-electron chi connectivity index (χ2n) is 9.58. The number of carbonyl (C=O) groups excluding carboxylic acids is 2. The molecule has 0 saturated carbocycles. The number of hydrogen-bond donors (Lipinski definition) is 2. The Morgan fingerprint density at radius 3 is 2.38 bits per heavy atom. The minimum Gasteiger partial charge on any atom is -0.406 e.